The van der Waals surface area contributed by atoms with Crippen molar-refractivity contribution in [2.24, 2.45) is 0 Å². The zero-order valence-corrected chi connectivity index (χ0v) is 12.1. The van der Waals surface area contributed by atoms with Crippen LogP contribution in [0.2, 0.25) is 5.02 Å². The molecule has 2 aromatic carbocycles. The number of halogens is 1. The zero-order valence-electron chi connectivity index (χ0n) is 11.3. The summed E-state index contributed by atoms with van der Waals surface area (Å²) in [7, 11) is 1.63. The first-order valence-electron chi connectivity index (χ1n) is 6.47. The van der Waals surface area contributed by atoms with E-state index in [0.717, 1.165) is 16.9 Å². The highest BCUT2D eigenvalue weighted by Crippen LogP contribution is 2.22. The SMILES string of the molecule is COc1ccc(Cl)cc1CNC[C@H](O)c1ccccc1. The number of ether oxygens (including phenoxy) is 1. The van der Waals surface area contributed by atoms with Crippen LogP contribution in [-0.2, 0) is 6.54 Å². The third-order valence-corrected chi connectivity index (χ3v) is 3.32. The van der Waals surface area contributed by atoms with Crippen LogP contribution in [0.25, 0.3) is 0 Å². The van der Waals surface area contributed by atoms with Gasteiger partial charge in [-0.15, -0.1) is 0 Å². The summed E-state index contributed by atoms with van der Waals surface area (Å²) in [6.07, 6.45) is -0.527. The number of rotatable bonds is 6. The lowest BCUT2D eigenvalue weighted by Crippen LogP contribution is -2.21. The molecule has 0 amide bonds. The van der Waals surface area contributed by atoms with E-state index in [2.05, 4.69) is 5.32 Å². The largest absolute Gasteiger partial charge is 0.496 e. The average molecular weight is 292 g/mol. The summed E-state index contributed by atoms with van der Waals surface area (Å²) in [5, 5.41) is 13.9. The van der Waals surface area contributed by atoms with Crippen LogP contribution in [0, 0.1) is 0 Å². The van der Waals surface area contributed by atoms with Gasteiger partial charge in [0, 0.05) is 23.7 Å². The molecule has 0 heterocycles. The van der Waals surface area contributed by atoms with Crippen LogP contribution >= 0.6 is 11.6 Å². The second kappa shape index (κ2) is 7.29. The predicted octanol–water partition coefficient (Wildman–Crippen LogP) is 3.17. The maximum atomic E-state index is 10.1. The topological polar surface area (TPSA) is 41.5 Å². The molecule has 2 aromatic rings. The quantitative estimate of drug-likeness (QED) is 0.859. The Labute approximate surface area is 124 Å². The molecule has 0 radical (unpaired) electrons. The van der Waals surface area contributed by atoms with Gasteiger partial charge in [-0.05, 0) is 23.8 Å². The fourth-order valence-corrected chi connectivity index (χ4v) is 2.22. The van der Waals surface area contributed by atoms with Crippen molar-refractivity contribution in [1.82, 2.24) is 5.32 Å². The van der Waals surface area contributed by atoms with Crippen molar-refractivity contribution in [2.45, 2.75) is 12.6 Å². The van der Waals surface area contributed by atoms with Gasteiger partial charge in [-0.2, -0.15) is 0 Å². The molecule has 0 fully saturated rings. The first-order chi connectivity index (χ1) is 9.70. The summed E-state index contributed by atoms with van der Waals surface area (Å²) in [5.74, 6) is 0.788. The Kier molecular flexibility index (Phi) is 5.41. The van der Waals surface area contributed by atoms with Crippen molar-refractivity contribution < 1.29 is 9.84 Å². The van der Waals surface area contributed by atoms with E-state index in [-0.39, 0.29) is 0 Å². The van der Waals surface area contributed by atoms with E-state index in [9.17, 15) is 5.11 Å². The number of benzene rings is 2. The highest BCUT2D eigenvalue weighted by Gasteiger charge is 2.08. The fourth-order valence-electron chi connectivity index (χ4n) is 2.02. The van der Waals surface area contributed by atoms with Crippen LogP contribution in [0.1, 0.15) is 17.2 Å². The highest BCUT2D eigenvalue weighted by molar-refractivity contribution is 6.30. The van der Waals surface area contributed by atoms with Gasteiger partial charge in [-0.25, -0.2) is 0 Å². The number of hydrogen-bond acceptors (Lipinski definition) is 3. The van der Waals surface area contributed by atoms with Crippen LogP contribution in [-0.4, -0.2) is 18.8 Å². The van der Waals surface area contributed by atoms with E-state index in [1.807, 2.05) is 42.5 Å². The van der Waals surface area contributed by atoms with Crippen molar-refractivity contribution in [3.05, 3.63) is 64.7 Å². The molecule has 2 N–H and O–H groups in total. The summed E-state index contributed by atoms with van der Waals surface area (Å²) in [5.41, 5.74) is 1.87. The van der Waals surface area contributed by atoms with Crippen LogP contribution in [0.15, 0.2) is 48.5 Å². The number of aliphatic hydroxyl groups excluding tert-OH is 1. The number of aliphatic hydroxyl groups is 1. The van der Waals surface area contributed by atoms with Crippen molar-refractivity contribution in [2.75, 3.05) is 13.7 Å². The first kappa shape index (κ1) is 14.9. The average Bonchev–Trinajstić information content (AvgIpc) is 2.48. The Balaban J connectivity index is 1.91. The van der Waals surface area contributed by atoms with Gasteiger partial charge < -0.3 is 15.2 Å². The smallest absolute Gasteiger partial charge is 0.123 e. The van der Waals surface area contributed by atoms with Crippen molar-refractivity contribution >= 4 is 11.6 Å². The normalized spacial score (nSPS) is 12.2. The number of hydrogen-bond donors (Lipinski definition) is 2. The van der Waals surface area contributed by atoms with Crippen LogP contribution in [0.5, 0.6) is 5.75 Å². The van der Waals surface area contributed by atoms with Gasteiger partial charge in [0.15, 0.2) is 0 Å². The second-order valence-electron chi connectivity index (χ2n) is 4.51. The van der Waals surface area contributed by atoms with Gasteiger partial charge in [0.25, 0.3) is 0 Å². The molecule has 0 bridgehead atoms. The molecule has 1 atom stereocenters. The molecule has 0 spiro atoms. The van der Waals surface area contributed by atoms with Gasteiger partial charge in [-0.1, -0.05) is 41.9 Å². The molecule has 0 aliphatic rings. The molecular formula is C16H18ClNO2. The van der Waals surface area contributed by atoms with E-state index in [1.54, 1.807) is 13.2 Å². The summed E-state index contributed by atoms with van der Waals surface area (Å²) >= 11 is 5.98. The second-order valence-corrected chi connectivity index (χ2v) is 4.95. The number of nitrogens with one attached hydrogen (secondary N) is 1. The Hall–Kier alpha value is -1.55. The zero-order chi connectivity index (χ0) is 14.4. The van der Waals surface area contributed by atoms with Gasteiger partial charge in [0.05, 0.1) is 13.2 Å². The molecule has 2 rings (SSSR count). The lowest BCUT2D eigenvalue weighted by molar-refractivity contribution is 0.174. The molecule has 3 nitrogen and oxygen atoms in total. The maximum absolute atomic E-state index is 10.1. The van der Waals surface area contributed by atoms with Crippen LogP contribution in [0.3, 0.4) is 0 Å². The number of methoxy groups -OCH3 is 1. The molecule has 0 unspecified atom stereocenters. The van der Waals surface area contributed by atoms with Crippen LogP contribution < -0.4 is 10.1 Å². The van der Waals surface area contributed by atoms with E-state index < -0.39 is 6.10 Å². The Morgan fingerprint density at radius 3 is 2.65 bits per heavy atom. The van der Waals surface area contributed by atoms with Crippen molar-refractivity contribution in [1.29, 1.82) is 0 Å². The van der Waals surface area contributed by atoms with E-state index in [4.69, 9.17) is 16.3 Å². The minimum Gasteiger partial charge on any atom is -0.496 e. The summed E-state index contributed by atoms with van der Waals surface area (Å²) in [6, 6.07) is 15.1. The molecular weight excluding hydrogens is 274 g/mol. The molecule has 20 heavy (non-hydrogen) atoms. The summed E-state index contributed by atoms with van der Waals surface area (Å²) in [6.45, 7) is 1.06. The monoisotopic (exact) mass is 291 g/mol. The van der Waals surface area contributed by atoms with Gasteiger partial charge >= 0.3 is 0 Å². The predicted molar refractivity (Wildman–Crippen MR) is 81.1 cm³/mol. The summed E-state index contributed by atoms with van der Waals surface area (Å²) < 4.78 is 5.28. The van der Waals surface area contributed by atoms with Gasteiger partial charge in [-0.3, -0.25) is 0 Å². The van der Waals surface area contributed by atoms with Gasteiger partial charge in [0.1, 0.15) is 5.75 Å². The lowest BCUT2D eigenvalue weighted by Gasteiger charge is -2.14. The first-order valence-corrected chi connectivity index (χ1v) is 6.84. The summed E-state index contributed by atoms with van der Waals surface area (Å²) in [4.78, 5) is 0. The van der Waals surface area contributed by atoms with Crippen molar-refractivity contribution in [3.8, 4) is 5.75 Å². The molecule has 106 valence electrons. The Morgan fingerprint density at radius 2 is 1.95 bits per heavy atom. The molecule has 0 aliphatic carbocycles. The Bertz CT molecular complexity index is 545. The van der Waals surface area contributed by atoms with E-state index in [1.165, 1.54) is 0 Å². The van der Waals surface area contributed by atoms with Crippen LogP contribution in [0.4, 0.5) is 0 Å². The molecule has 0 saturated heterocycles. The molecule has 0 aliphatic heterocycles. The standard InChI is InChI=1S/C16H18ClNO2/c1-20-16-8-7-14(17)9-13(16)10-18-11-15(19)12-5-3-2-4-6-12/h2-9,15,18-19H,10-11H2,1H3/t15-/m0/s1. The minimum atomic E-state index is -0.527. The van der Waals surface area contributed by atoms with E-state index >= 15 is 0 Å². The lowest BCUT2D eigenvalue weighted by atomic mass is 10.1. The molecule has 0 aromatic heterocycles. The van der Waals surface area contributed by atoms with Crippen molar-refractivity contribution in [3.63, 3.8) is 0 Å². The minimum absolute atomic E-state index is 0.472. The fraction of sp³-hybridized carbons (Fsp3) is 0.250. The van der Waals surface area contributed by atoms with Gasteiger partial charge in [0.2, 0.25) is 0 Å². The highest BCUT2D eigenvalue weighted by atomic mass is 35.5. The third kappa shape index (κ3) is 3.97. The third-order valence-electron chi connectivity index (χ3n) is 3.08. The molecule has 0 saturated carbocycles. The molecule has 4 heteroatoms. The maximum Gasteiger partial charge on any atom is 0.123 e. The Morgan fingerprint density at radius 1 is 1.20 bits per heavy atom. The van der Waals surface area contributed by atoms with E-state index in [0.29, 0.717) is 18.1 Å².